The molecule has 132 valence electrons. The molecule has 1 saturated carbocycles. The van der Waals surface area contributed by atoms with Gasteiger partial charge in [-0.2, -0.15) is 0 Å². The molecule has 1 aromatic carbocycles. The summed E-state index contributed by atoms with van der Waals surface area (Å²) in [6.45, 7) is 2.00. The first-order valence-corrected chi connectivity index (χ1v) is 8.67. The highest BCUT2D eigenvalue weighted by atomic mass is 16.5. The first kappa shape index (κ1) is 18.3. The van der Waals surface area contributed by atoms with Gasteiger partial charge in [-0.05, 0) is 36.5 Å². The van der Waals surface area contributed by atoms with E-state index in [-0.39, 0.29) is 17.9 Å². The highest BCUT2D eigenvalue weighted by Crippen LogP contribution is 2.25. The third kappa shape index (κ3) is 4.98. The van der Waals surface area contributed by atoms with Crippen molar-refractivity contribution in [2.24, 2.45) is 5.92 Å². The van der Waals surface area contributed by atoms with Crippen LogP contribution in [0, 0.1) is 5.92 Å². The summed E-state index contributed by atoms with van der Waals surface area (Å²) in [5, 5.41) is 12.4. The number of carboxylic acids is 1. The molecule has 0 bridgehead atoms. The zero-order chi connectivity index (χ0) is 17.5. The molecule has 1 aromatic rings. The van der Waals surface area contributed by atoms with Gasteiger partial charge in [0.1, 0.15) is 5.75 Å². The molecule has 1 amide bonds. The Hall–Kier alpha value is -2.04. The highest BCUT2D eigenvalue weighted by molar-refractivity contribution is 5.78. The van der Waals surface area contributed by atoms with Crippen LogP contribution in [-0.2, 0) is 9.59 Å². The van der Waals surface area contributed by atoms with Crippen molar-refractivity contribution in [2.75, 3.05) is 7.11 Å². The Morgan fingerprint density at radius 3 is 2.50 bits per heavy atom. The van der Waals surface area contributed by atoms with Gasteiger partial charge in [0, 0.05) is 12.5 Å². The van der Waals surface area contributed by atoms with Gasteiger partial charge < -0.3 is 15.2 Å². The zero-order valence-corrected chi connectivity index (χ0v) is 14.5. The molecule has 0 spiro atoms. The summed E-state index contributed by atoms with van der Waals surface area (Å²) < 4.78 is 5.14. The van der Waals surface area contributed by atoms with Crippen molar-refractivity contribution in [1.29, 1.82) is 0 Å². The Labute approximate surface area is 143 Å². The van der Waals surface area contributed by atoms with Gasteiger partial charge in [-0.3, -0.25) is 9.59 Å². The van der Waals surface area contributed by atoms with Crippen molar-refractivity contribution in [2.45, 2.75) is 57.4 Å². The Morgan fingerprint density at radius 1 is 1.21 bits per heavy atom. The summed E-state index contributed by atoms with van der Waals surface area (Å²) in [4.78, 5) is 23.8. The van der Waals surface area contributed by atoms with E-state index in [0.717, 1.165) is 37.0 Å². The molecular formula is C19H27NO4. The average Bonchev–Trinajstić information content (AvgIpc) is 2.80. The minimum atomic E-state index is -0.801. The summed E-state index contributed by atoms with van der Waals surface area (Å²) in [6.07, 6.45) is 4.69. The van der Waals surface area contributed by atoms with Crippen molar-refractivity contribution >= 4 is 11.9 Å². The first-order chi connectivity index (χ1) is 11.5. The van der Waals surface area contributed by atoms with Gasteiger partial charge in [-0.25, -0.2) is 0 Å². The number of nitrogens with one attached hydrogen (secondary N) is 1. The number of hydrogen-bond donors (Lipinski definition) is 2. The number of methoxy groups -OCH3 is 1. The molecule has 1 unspecified atom stereocenters. The third-order valence-corrected chi connectivity index (χ3v) is 4.86. The van der Waals surface area contributed by atoms with Crippen LogP contribution in [0.3, 0.4) is 0 Å². The molecule has 0 aromatic heterocycles. The zero-order valence-electron chi connectivity index (χ0n) is 14.5. The molecule has 24 heavy (non-hydrogen) atoms. The molecule has 5 nitrogen and oxygen atoms in total. The van der Waals surface area contributed by atoms with Crippen LogP contribution < -0.4 is 10.1 Å². The van der Waals surface area contributed by atoms with E-state index < -0.39 is 11.9 Å². The molecule has 1 aliphatic rings. The maximum absolute atomic E-state index is 12.4. The number of carbonyl (C=O) groups excluding carboxylic acids is 1. The lowest BCUT2D eigenvalue weighted by Crippen LogP contribution is -2.43. The third-order valence-electron chi connectivity index (χ3n) is 4.86. The first-order valence-electron chi connectivity index (χ1n) is 8.67. The molecule has 3 atom stereocenters. The molecular weight excluding hydrogens is 306 g/mol. The van der Waals surface area contributed by atoms with Crippen LogP contribution >= 0.6 is 0 Å². The molecule has 1 aliphatic carbocycles. The number of carbonyl (C=O) groups is 2. The molecule has 0 aliphatic heterocycles. The monoisotopic (exact) mass is 333 g/mol. The molecule has 0 radical (unpaired) electrons. The molecule has 1 fully saturated rings. The number of carboxylic acid groups (broad SMARTS) is 1. The summed E-state index contributed by atoms with van der Waals surface area (Å²) in [7, 11) is 1.62. The fourth-order valence-electron chi connectivity index (χ4n) is 3.37. The van der Waals surface area contributed by atoms with Gasteiger partial charge in [0.2, 0.25) is 5.91 Å². The fraction of sp³-hybridized carbons (Fsp3) is 0.579. The van der Waals surface area contributed by atoms with Crippen LogP contribution in [0.25, 0.3) is 0 Å². The molecule has 5 heteroatoms. The second kappa shape index (κ2) is 8.71. The lowest BCUT2D eigenvalue weighted by molar-refractivity contribution is -0.143. The van der Waals surface area contributed by atoms with E-state index in [2.05, 4.69) is 5.32 Å². The largest absolute Gasteiger partial charge is 0.497 e. The van der Waals surface area contributed by atoms with Gasteiger partial charge in [0.15, 0.2) is 0 Å². The lowest BCUT2D eigenvalue weighted by atomic mass is 9.93. The van der Waals surface area contributed by atoms with E-state index in [4.69, 9.17) is 4.74 Å². The minimum absolute atomic E-state index is 0.0727. The summed E-state index contributed by atoms with van der Waals surface area (Å²) in [5.41, 5.74) is 1.07. The Kier molecular flexibility index (Phi) is 6.64. The van der Waals surface area contributed by atoms with E-state index in [0.29, 0.717) is 12.8 Å². The summed E-state index contributed by atoms with van der Waals surface area (Å²) in [6, 6.07) is 7.44. The molecule has 0 saturated heterocycles. The van der Waals surface area contributed by atoms with Crippen molar-refractivity contribution in [3.8, 4) is 5.75 Å². The van der Waals surface area contributed by atoms with Crippen LogP contribution in [0.15, 0.2) is 24.3 Å². The van der Waals surface area contributed by atoms with E-state index in [9.17, 15) is 14.7 Å². The number of aliphatic carboxylic acids is 1. The van der Waals surface area contributed by atoms with Gasteiger partial charge in [0.25, 0.3) is 0 Å². The van der Waals surface area contributed by atoms with Crippen molar-refractivity contribution in [3.05, 3.63) is 29.8 Å². The Bertz CT molecular complexity index is 555. The maximum Gasteiger partial charge on any atom is 0.308 e. The molecule has 2 rings (SSSR count). The average molecular weight is 333 g/mol. The quantitative estimate of drug-likeness (QED) is 0.783. The minimum Gasteiger partial charge on any atom is -0.497 e. The topological polar surface area (TPSA) is 75.6 Å². The standard InChI is InChI=1S/C19H27NO4/c1-13(14-8-10-15(24-2)11-9-14)12-18(21)20-17-7-5-3-4-6-16(17)19(22)23/h8-11,13,16-17H,3-7,12H2,1-2H3,(H,20,21)(H,22,23)/t13?,16-,17+/m1/s1. The van der Waals surface area contributed by atoms with Gasteiger partial charge in [0.05, 0.1) is 13.0 Å². The van der Waals surface area contributed by atoms with Crippen LogP contribution in [0.5, 0.6) is 5.75 Å². The van der Waals surface area contributed by atoms with E-state index >= 15 is 0 Å². The maximum atomic E-state index is 12.4. The number of rotatable bonds is 6. The van der Waals surface area contributed by atoms with Crippen molar-refractivity contribution in [3.63, 3.8) is 0 Å². The van der Waals surface area contributed by atoms with Gasteiger partial charge in [-0.15, -0.1) is 0 Å². The Balaban J connectivity index is 1.93. The number of benzene rings is 1. The van der Waals surface area contributed by atoms with Gasteiger partial charge in [-0.1, -0.05) is 38.3 Å². The lowest BCUT2D eigenvalue weighted by Gasteiger charge is -2.23. The van der Waals surface area contributed by atoms with E-state index in [1.54, 1.807) is 7.11 Å². The fourth-order valence-corrected chi connectivity index (χ4v) is 3.37. The smallest absolute Gasteiger partial charge is 0.308 e. The van der Waals surface area contributed by atoms with Crippen molar-refractivity contribution in [1.82, 2.24) is 5.32 Å². The van der Waals surface area contributed by atoms with Gasteiger partial charge >= 0.3 is 5.97 Å². The summed E-state index contributed by atoms with van der Waals surface area (Å²) in [5.74, 6) is -0.474. The highest BCUT2D eigenvalue weighted by Gasteiger charge is 2.30. The number of hydrogen-bond acceptors (Lipinski definition) is 3. The van der Waals surface area contributed by atoms with Crippen LogP contribution in [0.4, 0.5) is 0 Å². The predicted molar refractivity (Wildman–Crippen MR) is 92.2 cm³/mol. The van der Waals surface area contributed by atoms with Crippen LogP contribution in [0.1, 0.15) is 56.9 Å². The van der Waals surface area contributed by atoms with E-state index in [1.807, 2.05) is 31.2 Å². The summed E-state index contributed by atoms with van der Waals surface area (Å²) >= 11 is 0. The second-order valence-electron chi connectivity index (χ2n) is 6.64. The SMILES string of the molecule is COc1ccc(C(C)CC(=O)N[C@H]2CCCCC[C@H]2C(=O)O)cc1. The predicted octanol–water partition coefficient (Wildman–Crippen LogP) is 3.34. The normalized spacial score (nSPS) is 22.2. The van der Waals surface area contributed by atoms with Crippen LogP contribution in [-0.4, -0.2) is 30.1 Å². The van der Waals surface area contributed by atoms with Crippen molar-refractivity contribution < 1.29 is 19.4 Å². The Morgan fingerprint density at radius 2 is 1.88 bits per heavy atom. The molecule has 0 heterocycles. The van der Waals surface area contributed by atoms with E-state index in [1.165, 1.54) is 0 Å². The number of ether oxygens (including phenoxy) is 1. The van der Waals surface area contributed by atoms with Crippen LogP contribution in [0.2, 0.25) is 0 Å². The molecule has 2 N–H and O–H groups in total. The second-order valence-corrected chi connectivity index (χ2v) is 6.64. The number of amides is 1.